The van der Waals surface area contributed by atoms with Crippen LogP contribution in [0, 0.1) is 0 Å². The van der Waals surface area contributed by atoms with Crippen LogP contribution in [0.15, 0.2) is 18.2 Å². The minimum atomic E-state index is -0.111. The fourth-order valence-corrected chi connectivity index (χ4v) is 3.29. The predicted molar refractivity (Wildman–Crippen MR) is 82.4 cm³/mol. The number of carbonyl (C=O) groups is 1. The van der Waals surface area contributed by atoms with Crippen molar-refractivity contribution in [2.75, 3.05) is 13.1 Å². The van der Waals surface area contributed by atoms with Gasteiger partial charge >= 0.3 is 0 Å². The molecule has 1 fully saturated rings. The summed E-state index contributed by atoms with van der Waals surface area (Å²) in [5.41, 5.74) is 2.42. The van der Waals surface area contributed by atoms with Gasteiger partial charge in [-0.1, -0.05) is 18.2 Å². The van der Waals surface area contributed by atoms with Crippen molar-refractivity contribution in [1.29, 1.82) is 0 Å². The molecule has 0 aliphatic carbocycles. The lowest BCUT2D eigenvalue weighted by molar-refractivity contribution is -0.121. The number of nitrogens with one attached hydrogen (secondary N) is 1. The molecule has 114 valence electrons. The van der Waals surface area contributed by atoms with Crippen LogP contribution in [0.3, 0.4) is 0 Å². The fraction of sp³-hybridized carbons (Fsp3) is 0.588. The van der Waals surface area contributed by atoms with Gasteiger partial charge in [0, 0.05) is 44.1 Å². The van der Waals surface area contributed by atoms with E-state index in [0.29, 0.717) is 6.42 Å². The van der Waals surface area contributed by atoms with E-state index >= 15 is 0 Å². The summed E-state index contributed by atoms with van der Waals surface area (Å²) in [5.74, 6) is 1.21. The number of carbonyl (C=O) groups excluding carboxylic acids is 1. The Morgan fingerprint density at radius 3 is 3.05 bits per heavy atom. The molecule has 0 aromatic heterocycles. The Morgan fingerprint density at radius 1 is 1.43 bits per heavy atom. The molecule has 1 N–H and O–H groups in total. The Balaban J connectivity index is 1.80. The summed E-state index contributed by atoms with van der Waals surface area (Å²) in [7, 11) is 0. The molecule has 0 radical (unpaired) electrons. The lowest BCUT2D eigenvalue weighted by atomic mass is 10.0. The van der Waals surface area contributed by atoms with Crippen molar-refractivity contribution in [3.05, 3.63) is 29.3 Å². The van der Waals surface area contributed by atoms with Gasteiger partial charge in [0.2, 0.25) is 5.91 Å². The number of benzene rings is 1. The number of rotatable bonds is 2. The highest BCUT2D eigenvalue weighted by Crippen LogP contribution is 2.38. The molecule has 1 aromatic carbocycles. The quantitative estimate of drug-likeness (QED) is 0.906. The molecule has 2 aliphatic rings. The second-order valence-electron chi connectivity index (χ2n) is 6.82. The van der Waals surface area contributed by atoms with Gasteiger partial charge in [-0.25, -0.2) is 0 Å². The van der Waals surface area contributed by atoms with Crippen LogP contribution in [0.25, 0.3) is 0 Å². The van der Waals surface area contributed by atoms with Crippen LogP contribution in [0.2, 0.25) is 0 Å². The monoisotopic (exact) mass is 288 g/mol. The van der Waals surface area contributed by atoms with Crippen LogP contribution in [0.5, 0.6) is 5.75 Å². The molecule has 2 heterocycles. The van der Waals surface area contributed by atoms with E-state index in [-0.39, 0.29) is 17.6 Å². The van der Waals surface area contributed by atoms with Gasteiger partial charge in [0.1, 0.15) is 11.4 Å². The molecule has 1 amide bonds. The van der Waals surface area contributed by atoms with Gasteiger partial charge < -0.3 is 10.1 Å². The summed E-state index contributed by atoms with van der Waals surface area (Å²) in [5, 5.41) is 2.94. The van der Waals surface area contributed by atoms with Crippen LogP contribution >= 0.6 is 0 Å². The molecule has 0 bridgehead atoms. The Kier molecular flexibility index (Phi) is 3.66. The molecule has 1 unspecified atom stereocenters. The minimum absolute atomic E-state index is 0.111. The van der Waals surface area contributed by atoms with E-state index < -0.39 is 0 Å². The van der Waals surface area contributed by atoms with E-state index in [9.17, 15) is 4.79 Å². The first-order valence-electron chi connectivity index (χ1n) is 7.75. The molecular weight excluding hydrogens is 264 g/mol. The molecule has 4 heteroatoms. The third kappa shape index (κ3) is 3.05. The first-order chi connectivity index (χ1) is 9.94. The smallest absolute Gasteiger partial charge is 0.221 e. The van der Waals surface area contributed by atoms with Gasteiger partial charge in [-0.3, -0.25) is 9.69 Å². The van der Waals surface area contributed by atoms with Crippen molar-refractivity contribution >= 4 is 5.91 Å². The molecule has 3 rings (SSSR count). The Hall–Kier alpha value is -1.55. The largest absolute Gasteiger partial charge is 0.487 e. The van der Waals surface area contributed by atoms with E-state index in [1.807, 2.05) is 0 Å². The van der Waals surface area contributed by atoms with Crippen LogP contribution in [-0.4, -0.2) is 35.5 Å². The van der Waals surface area contributed by atoms with Gasteiger partial charge in [-0.15, -0.1) is 0 Å². The summed E-state index contributed by atoms with van der Waals surface area (Å²) in [4.78, 5) is 14.0. The van der Waals surface area contributed by atoms with E-state index in [1.165, 1.54) is 11.1 Å². The Bertz CT molecular complexity index is 554. The van der Waals surface area contributed by atoms with Gasteiger partial charge in [-0.05, 0) is 26.3 Å². The van der Waals surface area contributed by atoms with Crippen LogP contribution in [-0.2, 0) is 17.8 Å². The first-order valence-corrected chi connectivity index (χ1v) is 7.75. The number of hydrogen-bond acceptors (Lipinski definition) is 3. The number of ether oxygens (including phenoxy) is 1. The summed E-state index contributed by atoms with van der Waals surface area (Å²) in [6.07, 6.45) is 1.53. The van der Waals surface area contributed by atoms with E-state index in [1.54, 1.807) is 0 Å². The standard InChI is InChI=1S/C17H24N2O2/c1-12-9-15(20)18-7-8-19(12)11-14-6-4-5-13-10-17(2,3)21-16(13)14/h4-6,12H,7-11H2,1-3H3,(H,18,20). The van der Waals surface area contributed by atoms with Gasteiger partial charge in [0.05, 0.1) is 0 Å². The zero-order valence-corrected chi connectivity index (χ0v) is 13.1. The maximum atomic E-state index is 11.6. The maximum absolute atomic E-state index is 11.6. The molecule has 1 aromatic rings. The van der Waals surface area contributed by atoms with Crippen LogP contribution in [0.1, 0.15) is 38.3 Å². The highest BCUT2D eigenvalue weighted by atomic mass is 16.5. The first kappa shape index (κ1) is 14.4. The lowest BCUT2D eigenvalue weighted by Gasteiger charge is -2.27. The number of fused-ring (bicyclic) bond motifs is 1. The average Bonchev–Trinajstić information content (AvgIpc) is 2.63. The number of nitrogens with zero attached hydrogens (tertiary/aromatic N) is 1. The van der Waals surface area contributed by atoms with Gasteiger partial charge in [0.25, 0.3) is 0 Å². The van der Waals surface area contributed by atoms with E-state index in [4.69, 9.17) is 4.74 Å². The molecular formula is C17H24N2O2. The van der Waals surface area contributed by atoms with Crippen molar-refractivity contribution in [2.45, 2.75) is 51.8 Å². The van der Waals surface area contributed by atoms with Gasteiger partial charge in [0.15, 0.2) is 0 Å². The second-order valence-corrected chi connectivity index (χ2v) is 6.82. The number of amides is 1. The van der Waals surface area contributed by atoms with Crippen LogP contribution in [0.4, 0.5) is 0 Å². The van der Waals surface area contributed by atoms with Crippen molar-refractivity contribution in [2.24, 2.45) is 0 Å². The zero-order chi connectivity index (χ0) is 15.0. The normalized spacial score (nSPS) is 24.9. The summed E-state index contributed by atoms with van der Waals surface area (Å²) < 4.78 is 6.15. The number of hydrogen-bond donors (Lipinski definition) is 1. The van der Waals surface area contributed by atoms with Crippen LogP contribution < -0.4 is 10.1 Å². The minimum Gasteiger partial charge on any atom is -0.487 e. The second kappa shape index (κ2) is 5.34. The van der Waals surface area contributed by atoms with Crippen molar-refractivity contribution in [3.63, 3.8) is 0 Å². The SMILES string of the molecule is CC1CC(=O)NCCN1Cc1cccc2c1OC(C)(C)C2. The highest BCUT2D eigenvalue weighted by Gasteiger charge is 2.32. The summed E-state index contributed by atoms with van der Waals surface area (Å²) in [6, 6.07) is 6.68. The van der Waals surface area contributed by atoms with Crippen molar-refractivity contribution in [3.8, 4) is 5.75 Å². The van der Waals surface area contributed by atoms with Gasteiger partial charge in [-0.2, -0.15) is 0 Å². The summed E-state index contributed by atoms with van der Waals surface area (Å²) in [6.45, 7) is 8.85. The van der Waals surface area contributed by atoms with Crippen molar-refractivity contribution < 1.29 is 9.53 Å². The molecule has 2 aliphatic heterocycles. The number of para-hydroxylation sites is 1. The molecule has 0 saturated carbocycles. The Labute approximate surface area is 126 Å². The molecule has 4 nitrogen and oxygen atoms in total. The van der Waals surface area contributed by atoms with E-state index in [0.717, 1.165) is 31.8 Å². The summed E-state index contributed by atoms with van der Waals surface area (Å²) >= 11 is 0. The molecule has 21 heavy (non-hydrogen) atoms. The third-order valence-corrected chi connectivity index (χ3v) is 4.37. The molecule has 1 saturated heterocycles. The predicted octanol–water partition coefficient (Wildman–Crippen LogP) is 2.11. The topological polar surface area (TPSA) is 41.6 Å². The highest BCUT2D eigenvalue weighted by molar-refractivity contribution is 5.76. The lowest BCUT2D eigenvalue weighted by Crippen LogP contribution is -2.34. The molecule has 1 atom stereocenters. The van der Waals surface area contributed by atoms with E-state index in [2.05, 4.69) is 49.2 Å². The fourth-order valence-electron chi connectivity index (χ4n) is 3.29. The maximum Gasteiger partial charge on any atom is 0.221 e. The zero-order valence-electron chi connectivity index (χ0n) is 13.1. The van der Waals surface area contributed by atoms with Crippen molar-refractivity contribution in [1.82, 2.24) is 10.2 Å². The Morgan fingerprint density at radius 2 is 2.24 bits per heavy atom. The molecule has 0 spiro atoms. The average molecular weight is 288 g/mol. The third-order valence-electron chi connectivity index (χ3n) is 4.37.